The van der Waals surface area contributed by atoms with Crippen molar-refractivity contribution < 1.29 is 4.39 Å². The van der Waals surface area contributed by atoms with Crippen LogP contribution in [0.25, 0.3) is 0 Å². The minimum atomic E-state index is -0.139. The first-order valence-corrected chi connectivity index (χ1v) is 6.28. The zero-order valence-electron chi connectivity index (χ0n) is 8.24. The molecule has 3 rings (SSSR count). The lowest BCUT2D eigenvalue weighted by molar-refractivity contribution is 0.291. The number of halogens is 2. The molecule has 15 heavy (non-hydrogen) atoms. The van der Waals surface area contributed by atoms with Crippen LogP contribution in [0, 0.1) is 9.39 Å². The molecule has 4 heteroatoms. The summed E-state index contributed by atoms with van der Waals surface area (Å²) in [6.45, 7) is 0.960. The Morgan fingerprint density at radius 1 is 1.27 bits per heavy atom. The molecule has 1 aromatic carbocycles. The molecule has 1 saturated carbocycles. The van der Waals surface area contributed by atoms with E-state index in [1.54, 1.807) is 6.07 Å². The van der Waals surface area contributed by atoms with Crippen LogP contribution in [0.2, 0.25) is 0 Å². The molecule has 0 unspecified atom stereocenters. The summed E-state index contributed by atoms with van der Waals surface area (Å²) >= 11 is 2.02. The molecule has 2 aliphatic rings. The molecule has 2 nitrogen and oxygen atoms in total. The predicted octanol–water partition coefficient (Wildman–Crippen LogP) is 3.19. The van der Waals surface area contributed by atoms with Gasteiger partial charge in [-0.3, -0.25) is 0 Å². The van der Waals surface area contributed by atoms with Crippen molar-refractivity contribution >= 4 is 34.0 Å². The van der Waals surface area contributed by atoms with Gasteiger partial charge in [-0.25, -0.2) is 4.39 Å². The fourth-order valence-electron chi connectivity index (χ4n) is 2.30. The molecule has 1 aliphatic heterocycles. The van der Waals surface area contributed by atoms with Gasteiger partial charge in [0.1, 0.15) is 5.82 Å². The van der Waals surface area contributed by atoms with Crippen LogP contribution in [0.5, 0.6) is 0 Å². The van der Waals surface area contributed by atoms with Gasteiger partial charge in [-0.1, -0.05) is 0 Å². The maximum atomic E-state index is 13.4. The standard InChI is InChI=1S/C11H12FIN2/c12-7-4-10-9(5-8(7)13)14-6-11(15-10)2-1-3-11/h4-5,14-15H,1-3,6H2. The van der Waals surface area contributed by atoms with Gasteiger partial charge in [0, 0.05) is 12.6 Å². The van der Waals surface area contributed by atoms with E-state index in [-0.39, 0.29) is 11.4 Å². The van der Waals surface area contributed by atoms with Crippen LogP contribution in [0.3, 0.4) is 0 Å². The van der Waals surface area contributed by atoms with Crippen molar-refractivity contribution in [2.45, 2.75) is 24.8 Å². The lowest BCUT2D eigenvalue weighted by atomic mass is 9.75. The number of fused-ring (bicyclic) bond motifs is 1. The first kappa shape index (κ1) is 9.69. The van der Waals surface area contributed by atoms with Gasteiger partial charge in [0.2, 0.25) is 0 Å². The minimum Gasteiger partial charge on any atom is -0.381 e. The summed E-state index contributed by atoms with van der Waals surface area (Å²) in [5, 5.41) is 6.86. The van der Waals surface area contributed by atoms with Gasteiger partial charge in [-0.2, -0.15) is 0 Å². The quantitative estimate of drug-likeness (QED) is 0.718. The third kappa shape index (κ3) is 1.49. The molecule has 2 N–H and O–H groups in total. The van der Waals surface area contributed by atoms with Crippen LogP contribution in [0.4, 0.5) is 15.8 Å². The Bertz CT molecular complexity index is 415. The summed E-state index contributed by atoms with van der Waals surface area (Å²) in [6, 6.07) is 3.47. The lowest BCUT2D eigenvalue weighted by Gasteiger charge is -2.47. The highest BCUT2D eigenvalue weighted by Gasteiger charge is 2.39. The second-order valence-corrected chi connectivity index (χ2v) is 5.59. The van der Waals surface area contributed by atoms with Crippen molar-refractivity contribution in [2.75, 3.05) is 17.2 Å². The minimum absolute atomic E-state index is 0.139. The number of nitrogens with one attached hydrogen (secondary N) is 2. The second kappa shape index (κ2) is 3.23. The molecule has 0 amide bonds. The summed E-state index contributed by atoms with van der Waals surface area (Å²) in [7, 11) is 0. The number of anilines is 2. The topological polar surface area (TPSA) is 24.1 Å². The zero-order valence-corrected chi connectivity index (χ0v) is 10.4. The molecule has 80 valence electrons. The largest absolute Gasteiger partial charge is 0.381 e. The van der Waals surface area contributed by atoms with Gasteiger partial charge in [0.05, 0.1) is 20.5 Å². The first-order chi connectivity index (χ1) is 7.19. The SMILES string of the molecule is Fc1cc2c(cc1I)NCC1(CCC1)N2. The van der Waals surface area contributed by atoms with E-state index in [9.17, 15) is 4.39 Å². The van der Waals surface area contributed by atoms with Gasteiger partial charge >= 0.3 is 0 Å². The number of hydrogen-bond donors (Lipinski definition) is 2. The number of hydrogen-bond acceptors (Lipinski definition) is 2. The Hall–Kier alpha value is -0.520. The summed E-state index contributed by atoms with van der Waals surface area (Å²) < 4.78 is 14.1. The van der Waals surface area contributed by atoms with Gasteiger partial charge in [0.25, 0.3) is 0 Å². The van der Waals surface area contributed by atoms with Gasteiger partial charge in [-0.15, -0.1) is 0 Å². The predicted molar refractivity (Wildman–Crippen MR) is 67.8 cm³/mol. The van der Waals surface area contributed by atoms with Gasteiger partial charge in [-0.05, 0) is 47.9 Å². The molecule has 1 fully saturated rings. The van der Waals surface area contributed by atoms with E-state index in [4.69, 9.17) is 0 Å². The molecule has 1 aliphatic carbocycles. The fourth-order valence-corrected chi connectivity index (χ4v) is 2.76. The maximum absolute atomic E-state index is 13.4. The average molecular weight is 318 g/mol. The Morgan fingerprint density at radius 3 is 2.73 bits per heavy atom. The Labute approximate surface area is 102 Å². The van der Waals surface area contributed by atoms with Crippen LogP contribution in [0.15, 0.2) is 12.1 Å². The molecule has 0 radical (unpaired) electrons. The van der Waals surface area contributed by atoms with Crippen LogP contribution < -0.4 is 10.6 Å². The van der Waals surface area contributed by atoms with Crippen molar-refractivity contribution in [3.63, 3.8) is 0 Å². The normalized spacial score (nSPS) is 21.2. The van der Waals surface area contributed by atoms with Crippen molar-refractivity contribution in [1.29, 1.82) is 0 Å². The van der Waals surface area contributed by atoms with E-state index in [0.29, 0.717) is 3.57 Å². The first-order valence-electron chi connectivity index (χ1n) is 5.20. The van der Waals surface area contributed by atoms with E-state index < -0.39 is 0 Å². The van der Waals surface area contributed by atoms with Crippen molar-refractivity contribution in [1.82, 2.24) is 0 Å². The molecular weight excluding hydrogens is 306 g/mol. The molecule has 0 saturated heterocycles. The summed E-state index contributed by atoms with van der Waals surface area (Å²) in [6.07, 6.45) is 3.65. The van der Waals surface area contributed by atoms with E-state index in [1.807, 2.05) is 28.7 Å². The molecule has 0 bridgehead atoms. The van der Waals surface area contributed by atoms with E-state index in [2.05, 4.69) is 10.6 Å². The van der Waals surface area contributed by atoms with Crippen molar-refractivity contribution in [2.24, 2.45) is 0 Å². The van der Waals surface area contributed by atoms with Crippen molar-refractivity contribution in [3.8, 4) is 0 Å². The molecule has 1 spiro atoms. The Balaban J connectivity index is 1.98. The Kier molecular flexibility index (Phi) is 2.09. The van der Waals surface area contributed by atoms with Crippen LogP contribution in [0.1, 0.15) is 19.3 Å². The van der Waals surface area contributed by atoms with Gasteiger partial charge < -0.3 is 10.6 Å². The number of benzene rings is 1. The van der Waals surface area contributed by atoms with Crippen molar-refractivity contribution in [3.05, 3.63) is 21.5 Å². The maximum Gasteiger partial charge on any atom is 0.138 e. The molecule has 1 heterocycles. The van der Waals surface area contributed by atoms with E-state index in [0.717, 1.165) is 17.9 Å². The van der Waals surface area contributed by atoms with Crippen LogP contribution in [-0.4, -0.2) is 12.1 Å². The highest BCUT2D eigenvalue weighted by atomic mass is 127. The third-order valence-corrected chi connectivity index (χ3v) is 4.21. The smallest absolute Gasteiger partial charge is 0.138 e. The third-order valence-electron chi connectivity index (χ3n) is 3.39. The van der Waals surface area contributed by atoms with E-state index >= 15 is 0 Å². The molecule has 0 atom stereocenters. The Morgan fingerprint density at radius 2 is 2.07 bits per heavy atom. The lowest BCUT2D eigenvalue weighted by Crippen LogP contribution is -2.52. The number of rotatable bonds is 0. The molecule has 0 aromatic heterocycles. The summed E-state index contributed by atoms with van der Waals surface area (Å²) in [5.74, 6) is -0.139. The summed E-state index contributed by atoms with van der Waals surface area (Å²) in [5.41, 5.74) is 2.14. The summed E-state index contributed by atoms with van der Waals surface area (Å²) in [4.78, 5) is 0. The van der Waals surface area contributed by atoms with E-state index in [1.165, 1.54) is 19.3 Å². The highest BCUT2D eigenvalue weighted by molar-refractivity contribution is 14.1. The molecular formula is C11H12FIN2. The van der Waals surface area contributed by atoms with Crippen LogP contribution >= 0.6 is 22.6 Å². The van der Waals surface area contributed by atoms with Gasteiger partial charge in [0.15, 0.2) is 0 Å². The second-order valence-electron chi connectivity index (χ2n) is 4.42. The van der Waals surface area contributed by atoms with Crippen LogP contribution in [-0.2, 0) is 0 Å². The zero-order chi connectivity index (χ0) is 10.5. The highest BCUT2D eigenvalue weighted by Crippen LogP contribution is 2.41. The fraction of sp³-hybridized carbons (Fsp3) is 0.455. The average Bonchev–Trinajstić information content (AvgIpc) is 2.17. The monoisotopic (exact) mass is 318 g/mol. The molecule has 1 aromatic rings.